The Labute approximate surface area is 114 Å². The molecule has 0 aliphatic heterocycles. The number of ether oxygens (including phenoxy) is 1. The third kappa shape index (κ3) is 3.83. The molecule has 19 heavy (non-hydrogen) atoms. The number of furan rings is 1. The van der Waals surface area contributed by atoms with Crippen LogP contribution in [0.2, 0.25) is 0 Å². The van der Waals surface area contributed by atoms with Crippen LogP contribution in [-0.4, -0.2) is 18.6 Å². The smallest absolute Gasteiger partial charge is 0.308 e. The Bertz CT molecular complexity index is 388. The number of hydrogen-bond donors (Lipinski definition) is 1. The summed E-state index contributed by atoms with van der Waals surface area (Å²) in [6.07, 6.45) is 5.69. The van der Waals surface area contributed by atoms with Crippen LogP contribution in [0.15, 0.2) is 22.8 Å². The van der Waals surface area contributed by atoms with Gasteiger partial charge in [0.25, 0.3) is 0 Å². The van der Waals surface area contributed by atoms with E-state index in [-0.39, 0.29) is 17.9 Å². The highest BCUT2D eigenvalue weighted by molar-refractivity contribution is 5.72. The molecule has 4 nitrogen and oxygen atoms in total. The van der Waals surface area contributed by atoms with E-state index in [0.717, 1.165) is 31.4 Å². The van der Waals surface area contributed by atoms with Gasteiger partial charge in [0, 0.05) is 6.04 Å². The fourth-order valence-electron chi connectivity index (χ4n) is 2.79. The third-order valence-corrected chi connectivity index (χ3v) is 3.75. The Hall–Kier alpha value is -1.29. The van der Waals surface area contributed by atoms with Crippen LogP contribution in [-0.2, 0) is 9.53 Å². The molecule has 1 aliphatic rings. The predicted molar refractivity (Wildman–Crippen MR) is 72.6 cm³/mol. The molecule has 0 radical (unpaired) electrons. The highest BCUT2D eigenvalue weighted by atomic mass is 16.5. The number of carbonyl (C=O) groups excluding carboxylic acids is 1. The van der Waals surface area contributed by atoms with Crippen molar-refractivity contribution in [3.63, 3.8) is 0 Å². The lowest BCUT2D eigenvalue weighted by molar-refractivity contribution is -0.149. The third-order valence-electron chi connectivity index (χ3n) is 3.75. The Morgan fingerprint density at radius 1 is 1.58 bits per heavy atom. The number of esters is 1. The summed E-state index contributed by atoms with van der Waals surface area (Å²) < 4.78 is 10.5. The lowest BCUT2D eigenvalue weighted by Crippen LogP contribution is -2.38. The quantitative estimate of drug-likeness (QED) is 0.831. The minimum atomic E-state index is -0.0420. The molecule has 1 heterocycles. The first-order valence-electron chi connectivity index (χ1n) is 7.16. The zero-order chi connectivity index (χ0) is 13.7. The number of carbonyl (C=O) groups is 1. The van der Waals surface area contributed by atoms with Gasteiger partial charge in [-0.25, -0.2) is 0 Å². The molecule has 2 unspecified atom stereocenters. The number of hydrogen-bond acceptors (Lipinski definition) is 4. The van der Waals surface area contributed by atoms with Gasteiger partial charge in [0.05, 0.1) is 24.8 Å². The number of rotatable bonds is 5. The van der Waals surface area contributed by atoms with E-state index in [2.05, 4.69) is 12.2 Å². The van der Waals surface area contributed by atoms with Crippen molar-refractivity contribution in [2.75, 3.05) is 6.61 Å². The molecule has 4 heteroatoms. The lowest BCUT2D eigenvalue weighted by atomic mass is 9.85. The summed E-state index contributed by atoms with van der Waals surface area (Å²) in [6.45, 7) is 4.42. The maximum absolute atomic E-state index is 11.8. The fourth-order valence-corrected chi connectivity index (χ4v) is 2.79. The molecule has 1 aromatic heterocycles. The number of nitrogens with one attached hydrogen (secondary N) is 1. The van der Waals surface area contributed by atoms with E-state index >= 15 is 0 Å². The second-order valence-corrected chi connectivity index (χ2v) is 5.22. The minimum Gasteiger partial charge on any atom is -0.468 e. The van der Waals surface area contributed by atoms with Gasteiger partial charge in [0.2, 0.25) is 0 Å². The molecule has 106 valence electrons. The van der Waals surface area contributed by atoms with Crippen molar-refractivity contribution in [2.24, 2.45) is 5.92 Å². The maximum atomic E-state index is 11.8. The Kier molecular flexibility index (Phi) is 5.02. The lowest BCUT2D eigenvalue weighted by Gasteiger charge is -2.30. The van der Waals surface area contributed by atoms with Gasteiger partial charge < -0.3 is 14.5 Å². The van der Waals surface area contributed by atoms with Crippen molar-refractivity contribution >= 4 is 5.97 Å². The summed E-state index contributed by atoms with van der Waals surface area (Å²) in [5.74, 6) is 0.952. The van der Waals surface area contributed by atoms with Gasteiger partial charge >= 0.3 is 5.97 Å². The first-order chi connectivity index (χ1) is 9.20. The highest BCUT2D eigenvalue weighted by Crippen LogP contribution is 2.27. The van der Waals surface area contributed by atoms with E-state index in [1.807, 2.05) is 19.1 Å². The van der Waals surface area contributed by atoms with Gasteiger partial charge in [-0.2, -0.15) is 0 Å². The molecule has 0 spiro atoms. The normalized spacial score (nSPS) is 24.9. The molecule has 1 aliphatic carbocycles. The zero-order valence-corrected chi connectivity index (χ0v) is 11.7. The fraction of sp³-hybridized carbons (Fsp3) is 0.667. The van der Waals surface area contributed by atoms with Crippen LogP contribution in [0.25, 0.3) is 0 Å². The molecule has 1 N–H and O–H groups in total. The summed E-state index contributed by atoms with van der Waals surface area (Å²) in [6, 6.07) is 4.42. The van der Waals surface area contributed by atoms with Crippen molar-refractivity contribution in [1.29, 1.82) is 0 Å². The van der Waals surface area contributed by atoms with E-state index in [1.54, 1.807) is 6.26 Å². The van der Waals surface area contributed by atoms with Gasteiger partial charge in [0.1, 0.15) is 5.76 Å². The van der Waals surface area contributed by atoms with Crippen molar-refractivity contribution in [3.8, 4) is 0 Å². The minimum absolute atomic E-state index is 0.0420. The molecule has 2 rings (SSSR count). The standard InChI is InChI=1S/C15H23NO3/c1-3-18-15(17)12-6-4-7-13(10-12)16-11(2)14-8-5-9-19-14/h5,8-9,11-13,16H,3-4,6-7,10H2,1-2H3/t11-,12?,13?/m1/s1. The van der Waals surface area contributed by atoms with Crippen molar-refractivity contribution in [3.05, 3.63) is 24.2 Å². The predicted octanol–water partition coefficient (Wildman–Crippen LogP) is 3.05. The Morgan fingerprint density at radius 3 is 3.11 bits per heavy atom. The zero-order valence-electron chi connectivity index (χ0n) is 11.7. The molecule has 0 saturated heterocycles. The monoisotopic (exact) mass is 265 g/mol. The maximum Gasteiger partial charge on any atom is 0.308 e. The topological polar surface area (TPSA) is 51.5 Å². The van der Waals surface area contributed by atoms with E-state index in [4.69, 9.17) is 9.15 Å². The SMILES string of the molecule is CCOC(=O)C1CCCC(N[C@H](C)c2ccco2)C1. The van der Waals surface area contributed by atoms with E-state index in [0.29, 0.717) is 12.6 Å². The average Bonchev–Trinajstić information content (AvgIpc) is 2.93. The van der Waals surface area contributed by atoms with Gasteiger partial charge in [-0.1, -0.05) is 6.42 Å². The summed E-state index contributed by atoms with van der Waals surface area (Å²) in [5, 5.41) is 3.55. The second kappa shape index (κ2) is 6.75. The summed E-state index contributed by atoms with van der Waals surface area (Å²) in [4.78, 5) is 11.8. The highest BCUT2D eigenvalue weighted by Gasteiger charge is 2.29. The van der Waals surface area contributed by atoms with Crippen LogP contribution in [0.4, 0.5) is 0 Å². The Morgan fingerprint density at radius 2 is 2.42 bits per heavy atom. The average molecular weight is 265 g/mol. The molecule has 0 aromatic carbocycles. The van der Waals surface area contributed by atoms with Crippen LogP contribution in [0.1, 0.15) is 51.3 Å². The van der Waals surface area contributed by atoms with Crippen molar-refractivity contribution in [1.82, 2.24) is 5.32 Å². The van der Waals surface area contributed by atoms with Crippen molar-refractivity contribution in [2.45, 2.75) is 51.6 Å². The molecular formula is C15H23NO3. The molecule has 1 saturated carbocycles. The largest absolute Gasteiger partial charge is 0.468 e. The first-order valence-corrected chi connectivity index (χ1v) is 7.16. The van der Waals surface area contributed by atoms with E-state index in [1.165, 1.54) is 0 Å². The van der Waals surface area contributed by atoms with Crippen LogP contribution in [0.3, 0.4) is 0 Å². The summed E-state index contributed by atoms with van der Waals surface area (Å²) in [5.41, 5.74) is 0. The first kappa shape index (κ1) is 14.1. The molecule has 1 aromatic rings. The van der Waals surface area contributed by atoms with Crippen LogP contribution < -0.4 is 5.32 Å². The molecule has 1 fully saturated rings. The van der Waals surface area contributed by atoms with Crippen LogP contribution in [0, 0.1) is 5.92 Å². The summed E-state index contributed by atoms with van der Waals surface area (Å²) >= 11 is 0. The molecule has 0 amide bonds. The molecule has 3 atom stereocenters. The second-order valence-electron chi connectivity index (χ2n) is 5.22. The van der Waals surface area contributed by atoms with Crippen LogP contribution in [0.5, 0.6) is 0 Å². The van der Waals surface area contributed by atoms with Gasteiger partial charge in [0.15, 0.2) is 0 Å². The van der Waals surface area contributed by atoms with E-state index < -0.39 is 0 Å². The molecular weight excluding hydrogens is 242 g/mol. The summed E-state index contributed by atoms with van der Waals surface area (Å²) in [7, 11) is 0. The Balaban J connectivity index is 1.85. The van der Waals surface area contributed by atoms with Gasteiger partial charge in [-0.15, -0.1) is 0 Å². The van der Waals surface area contributed by atoms with Gasteiger partial charge in [-0.05, 0) is 45.2 Å². The van der Waals surface area contributed by atoms with Crippen molar-refractivity contribution < 1.29 is 13.9 Å². The van der Waals surface area contributed by atoms with E-state index in [9.17, 15) is 4.79 Å². The van der Waals surface area contributed by atoms with Gasteiger partial charge in [-0.3, -0.25) is 4.79 Å². The molecule has 0 bridgehead atoms. The van der Waals surface area contributed by atoms with Crippen LogP contribution >= 0.6 is 0 Å².